The van der Waals surface area contributed by atoms with Crippen LogP contribution in [0.4, 0.5) is 10.1 Å². The molecule has 2 aromatic heterocycles. The SMILES string of the molecule is Nc1ccncc1-c1cc2cccc(F)c2o1. The Hall–Kier alpha value is -2.36. The first-order chi connectivity index (χ1) is 8.25. The first kappa shape index (κ1) is 9.84. The van der Waals surface area contributed by atoms with Crippen LogP contribution in [0.1, 0.15) is 0 Å². The van der Waals surface area contributed by atoms with Crippen molar-refractivity contribution in [2.24, 2.45) is 0 Å². The van der Waals surface area contributed by atoms with E-state index in [9.17, 15) is 4.39 Å². The summed E-state index contributed by atoms with van der Waals surface area (Å²) in [5.74, 6) is 0.145. The van der Waals surface area contributed by atoms with Crippen molar-refractivity contribution in [3.05, 3.63) is 48.5 Å². The fraction of sp³-hybridized carbons (Fsp3) is 0. The molecule has 4 heteroatoms. The van der Waals surface area contributed by atoms with Crippen molar-refractivity contribution in [1.82, 2.24) is 4.98 Å². The molecule has 0 aliphatic rings. The summed E-state index contributed by atoms with van der Waals surface area (Å²) >= 11 is 0. The van der Waals surface area contributed by atoms with E-state index < -0.39 is 0 Å². The maximum absolute atomic E-state index is 13.5. The molecular formula is C13H9FN2O. The molecule has 2 heterocycles. The summed E-state index contributed by atoms with van der Waals surface area (Å²) in [6.07, 6.45) is 3.20. The highest BCUT2D eigenvalue weighted by Gasteiger charge is 2.11. The number of benzene rings is 1. The van der Waals surface area contributed by atoms with Crippen LogP contribution in [0.15, 0.2) is 47.1 Å². The predicted octanol–water partition coefficient (Wildman–Crippen LogP) is 3.22. The van der Waals surface area contributed by atoms with Gasteiger partial charge in [0, 0.05) is 23.5 Å². The molecule has 0 aliphatic heterocycles. The molecule has 0 radical (unpaired) electrons. The average molecular weight is 228 g/mol. The van der Waals surface area contributed by atoms with E-state index in [1.807, 2.05) is 0 Å². The lowest BCUT2D eigenvalue weighted by Crippen LogP contribution is -1.89. The summed E-state index contributed by atoms with van der Waals surface area (Å²) < 4.78 is 18.9. The Kier molecular flexibility index (Phi) is 2.08. The molecule has 0 bridgehead atoms. The Morgan fingerprint density at radius 1 is 1.24 bits per heavy atom. The van der Waals surface area contributed by atoms with Crippen molar-refractivity contribution in [3.63, 3.8) is 0 Å². The number of pyridine rings is 1. The monoisotopic (exact) mass is 228 g/mol. The molecule has 2 N–H and O–H groups in total. The summed E-state index contributed by atoms with van der Waals surface area (Å²) in [5.41, 5.74) is 7.28. The lowest BCUT2D eigenvalue weighted by Gasteiger charge is -1.99. The van der Waals surface area contributed by atoms with Gasteiger partial charge in [0.05, 0.1) is 5.56 Å². The number of aromatic nitrogens is 1. The van der Waals surface area contributed by atoms with Crippen LogP contribution in [0.25, 0.3) is 22.3 Å². The smallest absolute Gasteiger partial charge is 0.170 e. The number of halogens is 1. The van der Waals surface area contributed by atoms with Gasteiger partial charge in [-0.05, 0) is 18.2 Å². The number of para-hydroxylation sites is 1. The second-order valence-electron chi connectivity index (χ2n) is 3.73. The van der Waals surface area contributed by atoms with Gasteiger partial charge in [0.2, 0.25) is 0 Å². The minimum absolute atomic E-state index is 0.241. The van der Waals surface area contributed by atoms with E-state index in [2.05, 4.69) is 4.98 Å². The van der Waals surface area contributed by atoms with Gasteiger partial charge in [0.1, 0.15) is 5.76 Å². The number of fused-ring (bicyclic) bond motifs is 1. The van der Waals surface area contributed by atoms with Crippen LogP contribution in [0.3, 0.4) is 0 Å². The third kappa shape index (κ3) is 1.54. The number of rotatable bonds is 1. The molecule has 0 amide bonds. The lowest BCUT2D eigenvalue weighted by atomic mass is 10.2. The normalized spacial score (nSPS) is 10.9. The Morgan fingerprint density at radius 2 is 2.12 bits per heavy atom. The number of furan rings is 1. The zero-order chi connectivity index (χ0) is 11.8. The van der Waals surface area contributed by atoms with Crippen molar-refractivity contribution >= 4 is 16.7 Å². The van der Waals surface area contributed by atoms with Gasteiger partial charge in [-0.25, -0.2) is 4.39 Å². The van der Waals surface area contributed by atoms with Gasteiger partial charge in [0.15, 0.2) is 11.4 Å². The van der Waals surface area contributed by atoms with E-state index in [4.69, 9.17) is 10.2 Å². The van der Waals surface area contributed by atoms with Crippen LogP contribution in [0, 0.1) is 5.82 Å². The zero-order valence-electron chi connectivity index (χ0n) is 8.85. The maximum atomic E-state index is 13.5. The summed E-state index contributed by atoms with van der Waals surface area (Å²) in [7, 11) is 0. The molecule has 0 atom stereocenters. The second kappa shape index (κ2) is 3.59. The Labute approximate surface area is 96.7 Å². The standard InChI is InChI=1S/C13H9FN2O/c14-10-3-1-2-8-6-12(17-13(8)10)9-7-16-5-4-11(9)15/h1-7H,(H2,15,16). The van der Waals surface area contributed by atoms with Crippen molar-refractivity contribution in [1.29, 1.82) is 0 Å². The number of hydrogen-bond donors (Lipinski definition) is 1. The number of nitrogen functional groups attached to an aromatic ring is 1. The molecule has 3 aromatic rings. The Bertz CT molecular complexity index is 691. The zero-order valence-corrected chi connectivity index (χ0v) is 8.85. The molecular weight excluding hydrogens is 219 g/mol. The Morgan fingerprint density at radius 3 is 2.88 bits per heavy atom. The molecule has 0 saturated heterocycles. The van der Waals surface area contributed by atoms with Crippen LogP contribution in [0.5, 0.6) is 0 Å². The van der Waals surface area contributed by atoms with Crippen molar-refractivity contribution in [2.75, 3.05) is 5.73 Å². The molecule has 0 aliphatic carbocycles. The topological polar surface area (TPSA) is 52.0 Å². The van der Waals surface area contributed by atoms with E-state index in [1.54, 1.807) is 36.7 Å². The van der Waals surface area contributed by atoms with Gasteiger partial charge in [-0.3, -0.25) is 4.98 Å². The van der Waals surface area contributed by atoms with Gasteiger partial charge >= 0.3 is 0 Å². The van der Waals surface area contributed by atoms with Gasteiger partial charge in [-0.2, -0.15) is 0 Å². The van der Waals surface area contributed by atoms with Gasteiger partial charge in [0.25, 0.3) is 0 Å². The van der Waals surface area contributed by atoms with Crippen LogP contribution < -0.4 is 5.73 Å². The quantitative estimate of drug-likeness (QED) is 0.695. The number of hydrogen-bond acceptors (Lipinski definition) is 3. The van der Waals surface area contributed by atoms with E-state index in [-0.39, 0.29) is 11.4 Å². The number of nitrogens with two attached hydrogens (primary N) is 1. The van der Waals surface area contributed by atoms with Crippen LogP contribution in [0.2, 0.25) is 0 Å². The van der Waals surface area contributed by atoms with Gasteiger partial charge < -0.3 is 10.2 Å². The minimum Gasteiger partial charge on any atom is -0.453 e. The van der Waals surface area contributed by atoms with Crippen LogP contribution >= 0.6 is 0 Å². The molecule has 1 aromatic carbocycles. The van der Waals surface area contributed by atoms with E-state index in [0.29, 0.717) is 22.4 Å². The fourth-order valence-corrected chi connectivity index (χ4v) is 1.77. The maximum Gasteiger partial charge on any atom is 0.170 e. The first-order valence-corrected chi connectivity index (χ1v) is 5.13. The molecule has 17 heavy (non-hydrogen) atoms. The molecule has 0 spiro atoms. The van der Waals surface area contributed by atoms with E-state index >= 15 is 0 Å². The van der Waals surface area contributed by atoms with Crippen molar-refractivity contribution in [3.8, 4) is 11.3 Å². The second-order valence-corrected chi connectivity index (χ2v) is 3.73. The third-order valence-electron chi connectivity index (χ3n) is 2.62. The summed E-state index contributed by atoms with van der Waals surface area (Å²) in [4.78, 5) is 3.98. The van der Waals surface area contributed by atoms with E-state index in [0.717, 1.165) is 0 Å². The molecule has 84 valence electrons. The number of anilines is 1. The molecule has 0 fully saturated rings. The minimum atomic E-state index is -0.379. The molecule has 0 saturated carbocycles. The predicted molar refractivity (Wildman–Crippen MR) is 63.8 cm³/mol. The van der Waals surface area contributed by atoms with Crippen molar-refractivity contribution < 1.29 is 8.81 Å². The first-order valence-electron chi connectivity index (χ1n) is 5.13. The average Bonchev–Trinajstić information content (AvgIpc) is 2.75. The lowest BCUT2D eigenvalue weighted by molar-refractivity contribution is 0.569. The summed E-state index contributed by atoms with van der Waals surface area (Å²) in [5, 5.41) is 0.711. The van der Waals surface area contributed by atoms with Crippen LogP contribution in [-0.2, 0) is 0 Å². The summed E-state index contributed by atoms with van der Waals surface area (Å²) in [6, 6.07) is 8.23. The highest BCUT2D eigenvalue weighted by molar-refractivity contribution is 5.85. The fourth-order valence-electron chi connectivity index (χ4n) is 1.77. The van der Waals surface area contributed by atoms with Gasteiger partial charge in [-0.1, -0.05) is 12.1 Å². The highest BCUT2D eigenvalue weighted by atomic mass is 19.1. The molecule has 3 rings (SSSR count). The van der Waals surface area contributed by atoms with Gasteiger partial charge in [-0.15, -0.1) is 0 Å². The van der Waals surface area contributed by atoms with Crippen LogP contribution in [-0.4, -0.2) is 4.98 Å². The number of nitrogens with zero attached hydrogens (tertiary/aromatic N) is 1. The molecule has 3 nitrogen and oxygen atoms in total. The highest BCUT2D eigenvalue weighted by Crippen LogP contribution is 2.31. The largest absolute Gasteiger partial charge is 0.453 e. The third-order valence-corrected chi connectivity index (χ3v) is 2.62. The summed E-state index contributed by atoms with van der Waals surface area (Å²) in [6.45, 7) is 0. The van der Waals surface area contributed by atoms with Crippen molar-refractivity contribution in [2.45, 2.75) is 0 Å². The van der Waals surface area contributed by atoms with E-state index in [1.165, 1.54) is 6.07 Å². The molecule has 0 unspecified atom stereocenters. The Balaban J connectivity index is 2.26.